The Kier molecular flexibility index (Phi) is 7.56. The summed E-state index contributed by atoms with van der Waals surface area (Å²) in [7, 11) is 0. The number of benzene rings is 1. The lowest BCUT2D eigenvalue weighted by molar-refractivity contribution is -0.350. The van der Waals surface area contributed by atoms with Gasteiger partial charge in [-0.3, -0.25) is 14.6 Å². The Morgan fingerprint density at radius 3 is 2.12 bits per heavy atom. The first kappa shape index (κ1) is 23.2. The zero-order chi connectivity index (χ0) is 22.5. The van der Waals surface area contributed by atoms with E-state index in [9.17, 15) is 4.79 Å². The molecule has 4 aliphatic heterocycles. The molecule has 4 aliphatic rings. The van der Waals surface area contributed by atoms with E-state index in [1.54, 1.807) is 0 Å². The fourth-order valence-electron chi connectivity index (χ4n) is 5.09. The summed E-state index contributed by atoms with van der Waals surface area (Å²) in [4.78, 5) is 19.9. The van der Waals surface area contributed by atoms with Gasteiger partial charge in [0, 0.05) is 51.4 Å². The Labute approximate surface area is 195 Å². The fourth-order valence-corrected chi connectivity index (χ4v) is 5.09. The van der Waals surface area contributed by atoms with E-state index in [-0.39, 0.29) is 18.1 Å². The molecule has 1 amide bonds. The number of morpholine rings is 3. The second kappa shape index (κ2) is 10.8. The average molecular weight is 462 g/mol. The summed E-state index contributed by atoms with van der Waals surface area (Å²) in [6.45, 7) is 9.74. The molecule has 1 aromatic rings. The smallest absolute Gasteiger partial charge is 0.254 e. The van der Waals surface area contributed by atoms with E-state index in [4.69, 9.17) is 23.7 Å². The molecule has 0 aliphatic carbocycles. The van der Waals surface area contributed by atoms with Crippen LogP contribution in [0.2, 0.25) is 0 Å². The van der Waals surface area contributed by atoms with Crippen LogP contribution in [0.15, 0.2) is 30.3 Å². The van der Waals surface area contributed by atoms with E-state index in [0.29, 0.717) is 31.9 Å². The van der Waals surface area contributed by atoms with Crippen LogP contribution >= 0.6 is 0 Å². The summed E-state index contributed by atoms with van der Waals surface area (Å²) in [5.41, 5.74) is 0.682. The third kappa shape index (κ3) is 5.92. The van der Waals surface area contributed by atoms with E-state index in [1.807, 2.05) is 35.2 Å². The molecule has 9 heteroatoms. The van der Waals surface area contributed by atoms with Crippen molar-refractivity contribution in [1.82, 2.24) is 14.7 Å². The minimum atomic E-state index is -0.950. The molecular weight excluding hydrogens is 426 g/mol. The molecule has 0 N–H and O–H groups in total. The summed E-state index contributed by atoms with van der Waals surface area (Å²) < 4.78 is 30.2. The lowest BCUT2D eigenvalue weighted by Gasteiger charge is -2.50. The maximum atomic E-state index is 13.4. The molecular formula is C24H35N3O6. The van der Waals surface area contributed by atoms with E-state index in [2.05, 4.69) is 9.80 Å². The van der Waals surface area contributed by atoms with Gasteiger partial charge in [0.2, 0.25) is 5.79 Å². The first-order valence-electron chi connectivity index (χ1n) is 12.1. The third-order valence-corrected chi connectivity index (χ3v) is 6.68. The molecule has 0 saturated carbocycles. The normalized spacial score (nSPS) is 32.2. The molecule has 1 aromatic carbocycles. The average Bonchev–Trinajstić information content (AvgIpc) is 2.85. The number of nitrogens with zero attached hydrogens (tertiary/aromatic N) is 3. The monoisotopic (exact) mass is 461 g/mol. The molecule has 3 atom stereocenters. The molecule has 0 radical (unpaired) electrons. The van der Waals surface area contributed by atoms with Crippen LogP contribution in [0.4, 0.5) is 0 Å². The summed E-state index contributed by atoms with van der Waals surface area (Å²) in [5, 5.41) is 0. The van der Waals surface area contributed by atoms with Crippen molar-refractivity contribution in [2.45, 2.75) is 18.0 Å². The fraction of sp³-hybridized carbons (Fsp3) is 0.708. The number of ether oxygens (including phenoxy) is 5. The highest BCUT2D eigenvalue weighted by atomic mass is 16.7. The second-order valence-corrected chi connectivity index (χ2v) is 9.28. The standard InChI is InChI=1S/C24H35N3O6/c28-23(20-4-2-1-3-5-20)27-16-21(14-25-6-10-29-11-7-25)32-24(18-27)19-31-17-22(33-24)15-26-8-12-30-13-9-26/h1-5,21-22H,6-19H2/t21-,22-,24+/m1/s1. The summed E-state index contributed by atoms with van der Waals surface area (Å²) >= 11 is 0. The minimum Gasteiger partial charge on any atom is -0.379 e. The van der Waals surface area contributed by atoms with E-state index in [0.717, 1.165) is 65.7 Å². The van der Waals surface area contributed by atoms with Crippen LogP contribution in [0.3, 0.4) is 0 Å². The topological polar surface area (TPSA) is 72.9 Å². The predicted molar refractivity (Wildman–Crippen MR) is 120 cm³/mol. The number of carbonyl (C=O) groups excluding carboxylic acids is 1. The molecule has 182 valence electrons. The van der Waals surface area contributed by atoms with Crippen molar-refractivity contribution in [1.29, 1.82) is 0 Å². The zero-order valence-electron chi connectivity index (χ0n) is 19.2. The van der Waals surface area contributed by atoms with E-state index in [1.165, 1.54) is 0 Å². The highest BCUT2D eigenvalue weighted by molar-refractivity contribution is 5.94. The van der Waals surface area contributed by atoms with E-state index < -0.39 is 5.79 Å². The first-order chi connectivity index (χ1) is 16.2. The van der Waals surface area contributed by atoms with Crippen LogP contribution in [-0.2, 0) is 23.7 Å². The highest BCUT2D eigenvalue weighted by Gasteiger charge is 2.48. The number of amides is 1. The van der Waals surface area contributed by atoms with Crippen LogP contribution in [-0.4, -0.2) is 131 Å². The maximum absolute atomic E-state index is 13.4. The Morgan fingerprint density at radius 2 is 1.45 bits per heavy atom. The Hall–Kier alpha value is -1.59. The SMILES string of the molecule is O=C(c1ccccc1)N1C[C@@H](CN2CCOCC2)O[C@@]2(COC[C@@H](CN3CCOCC3)O2)C1. The van der Waals surface area contributed by atoms with Gasteiger partial charge in [-0.15, -0.1) is 0 Å². The molecule has 0 unspecified atom stereocenters. The van der Waals surface area contributed by atoms with Gasteiger partial charge >= 0.3 is 0 Å². The summed E-state index contributed by atoms with van der Waals surface area (Å²) in [5.74, 6) is -0.946. The molecule has 33 heavy (non-hydrogen) atoms. The van der Waals surface area contributed by atoms with Crippen molar-refractivity contribution in [3.8, 4) is 0 Å². The second-order valence-electron chi connectivity index (χ2n) is 9.28. The summed E-state index contributed by atoms with van der Waals surface area (Å²) in [6.07, 6.45) is -0.261. The molecule has 4 fully saturated rings. The number of hydrogen-bond acceptors (Lipinski definition) is 8. The van der Waals surface area contributed by atoms with Crippen molar-refractivity contribution in [3.05, 3.63) is 35.9 Å². The van der Waals surface area contributed by atoms with Crippen molar-refractivity contribution in [2.75, 3.05) is 92.0 Å². The molecule has 4 heterocycles. The van der Waals surface area contributed by atoms with Crippen LogP contribution in [0.25, 0.3) is 0 Å². The van der Waals surface area contributed by atoms with Gasteiger partial charge in [0.1, 0.15) is 6.61 Å². The van der Waals surface area contributed by atoms with Gasteiger partial charge < -0.3 is 28.6 Å². The number of hydrogen-bond donors (Lipinski definition) is 0. The third-order valence-electron chi connectivity index (χ3n) is 6.68. The molecule has 4 saturated heterocycles. The lowest BCUT2D eigenvalue weighted by atomic mass is 10.1. The van der Waals surface area contributed by atoms with Crippen LogP contribution in [0.5, 0.6) is 0 Å². The van der Waals surface area contributed by atoms with Gasteiger partial charge in [0.25, 0.3) is 5.91 Å². The van der Waals surface area contributed by atoms with Gasteiger partial charge in [0.05, 0.1) is 51.8 Å². The van der Waals surface area contributed by atoms with Gasteiger partial charge in [-0.05, 0) is 12.1 Å². The first-order valence-corrected chi connectivity index (χ1v) is 12.1. The van der Waals surface area contributed by atoms with Crippen LogP contribution in [0, 0.1) is 0 Å². The Morgan fingerprint density at radius 1 is 0.848 bits per heavy atom. The lowest BCUT2D eigenvalue weighted by Crippen LogP contribution is -2.66. The van der Waals surface area contributed by atoms with Crippen molar-refractivity contribution < 1.29 is 28.5 Å². The molecule has 1 spiro atoms. The quantitative estimate of drug-likeness (QED) is 0.620. The van der Waals surface area contributed by atoms with Crippen molar-refractivity contribution in [3.63, 3.8) is 0 Å². The Balaban J connectivity index is 1.31. The molecule has 0 bridgehead atoms. The molecule has 9 nitrogen and oxygen atoms in total. The van der Waals surface area contributed by atoms with E-state index >= 15 is 0 Å². The number of carbonyl (C=O) groups is 1. The summed E-state index contributed by atoms with van der Waals surface area (Å²) in [6, 6.07) is 9.44. The predicted octanol–water partition coefficient (Wildman–Crippen LogP) is 0.304. The molecule has 5 rings (SSSR count). The minimum absolute atomic E-state index is 0.00385. The van der Waals surface area contributed by atoms with Gasteiger partial charge in [0.15, 0.2) is 0 Å². The van der Waals surface area contributed by atoms with Gasteiger partial charge in [-0.2, -0.15) is 0 Å². The largest absolute Gasteiger partial charge is 0.379 e. The van der Waals surface area contributed by atoms with Crippen LogP contribution < -0.4 is 0 Å². The van der Waals surface area contributed by atoms with Crippen molar-refractivity contribution in [2.24, 2.45) is 0 Å². The van der Waals surface area contributed by atoms with Crippen molar-refractivity contribution >= 4 is 5.91 Å². The van der Waals surface area contributed by atoms with Gasteiger partial charge in [-0.1, -0.05) is 18.2 Å². The highest BCUT2D eigenvalue weighted by Crippen LogP contribution is 2.30. The van der Waals surface area contributed by atoms with Crippen LogP contribution in [0.1, 0.15) is 10.4 Å². The Bertz CT molecular complexity index is 767. The van der Waals surface area contributed by atoms with Gasteiger partial charge in [-0.25, -0.2) is 0 Å². The maximum Gasteiger partial charge on any atom is 0.254 e. The molecule has 0 aromatic heterocycles. The number of rotatable bonds is 5. The zero-order valence-corrected chi connectivity index (χ0v) is 19.2.